The number of pyridine rings is 1. The van der Waals surface area contributed by atoms with Gasteiger partial charge in [0, 0.05) is 30.1 Å². The predicted molar refractivity (Wildman–Crippen MR) is 64.0 cm³/mol. The lowest BCUT2D eigenvalue weighted by Crippen LogP contribution is -2.16. The minimum absolute atomic E-state index is 0.134. The number of aryl methyl sites for hydroxylation is 1. The zero-order valence-corrected chi connectivity index (χ0v) is 9.60. The molecule has 0 aliphatic rings. The fraction of sp³-hybridized carbons (Fsp3) is 0.182. The minimum Gasteiger partial charge on any atom is -0.336 e. The fourth-order valence-corrected chi connectivity index (χ4v) is 1.79. The van der Waals surface area contributed by atoms with E-state index >= 15 is 0 Å². The molecule has 0 unspecified atom stereocenters. The van der Waals surface area contributed by atoms with Crippen molar-refractivity contribution in [2.45, 2.75) is 13.3 Å². The summed E-state index contributed by atoms with van der Waals surface area (Å²) in [6.07, 6.45) is 4.01. The monoisotopic (exact) mass is 233 g/mol. The molecule has 5 heteroatoms. The van der Waals surface area contributed by atoms with Gasteiger partial charge < -0.3 is 4.98 Å². The molecule has 0 amide bonds. The number of rotatable bonds is 2. The van der Waals surface area contributed by atoms with E-state index in [0.717, 1.165) is 11.3 Å². The lowest BCUT2D eigenvalue weighted by atomic mass is 10.1. The van der Waals surface area contributed by atoms with Crippen molar-refractivity contribution in [2.24, 2.45) is 0 Å². The summed E-state index contributed by atoms with van der Waals surface area (Å²) in [5.74, 6) is 0. The van der Waals surface area contributed by atoms with Crippen LogP contribution in [0.3, 0.4) is 0 Å². The van der Waals surface area contributed by atoms with Crippen LogP contribution in [0.5, 0.6) is 0 Å². The fourth-order valence-electron chi connectivity index (χ4n) is 1.55. The van der Waals surface area contributed by atoms with Crippen LogP contribution in [0.15, 0.2) is 29.3 Å². The third-order valence-electron chi connectivity index (χ3n) is 2.36. The van der Waals surface area contributed by atoms with Gasteiger partial charge in [-0.15, -0.1) is 0 Å². The average Bonchev–Trinajstić information content (AvgIpc) is 2.25. The topological polar surface area (TPSA) is 61.5 Å². The van der Waals surface area contributed by atoms with E-state index in [9.17, 15) is 4.79 Å². The van der Waals surface area contributed by atoms with Gasteiger partial charge in [-0.1, -0.05) is 6.07 Å². The van der Waals surface area contributed by atoms with Crippen LogP contribution in [0, 0.1) is 11.7 Å². The van der Waals surface area contributed by atoms with E-state index in [4.69, 9.17) is 12.2 Å². The van der Waals surface area contributed by atoms with E-state index in [0.29, 0.717) is 16.8 Å². The Morgan fingerprint density at radius 1 is 1.44 bits per heavy atom. The standard InChI is InChI=1S/C11H11N3OS/c1-7-9(10(15)14-11(16)13-7)5-8-3-2-4-12-6-8/h2-4,6H,5H2,1H3,(H2,13,14,15,16). The highest BCUT2D eigenvalue weighted by Crippen LogP contribution is 2.06. The van der Waals surface area contributed by atoms with Crippen LogP contribution in [-0.4, -0.2) is 15.0 Å². The third kappa shape index (κ3) is 2.25. The normalized spacial score (nSPS) is 10.3. The van der Waals surface area contributed by atoms with Crippen molar-refractivity contribution in [3.63, 3.8) is 0 Å². The van der Waals surface area contributed by atoms with Crippen LogP contribution in [0.4, 0.5) is 0 Å². The molecule has 0 aromatic carbocycles. The van der Waals surface area contributed by atoms with Gasteiger partial charge in [0.1, 0.15) is 0 Å². The first-order chi connectivity index (χ1) is 7.66. The number of nitrogens with one attached hydrogen (secondary N) is 2. The van der Waals surface area contributed by atoms with Gasteiger partial charge in [-0.3, -0.25) is 14.8 Å². The van der Waals surface area contributed by atoms with Gasteiger partial charge in [0.25, 0.3) is 5.56 Å². The third-order valence-corrected chi connectivity index (χ3v) is 2.56. The molecule has 4 nitrogen and oxygen atoms in total. The van der Waals surface area contributed by atoms with Crippen molar-refractivity contribution in [1.82, 2.24) is 15.0 Å². The van der Waals surface area contributed by atoms with Crippen molar-refractivity contribution in [2.75, 3.05) is 0 Å². The van der Waals surface area contributed by atoms with Gasteiger partial charge in [-0.2, -0.15) is 0 Å². The summed E-state index contributed by atoms with van der Waals surface area (Å²) in [7, 11) is 0. The Balaban J connectivity index is 2.43. The number of hydrogen-bond donors (Lipinski definition) is 2. The van der Waals surface area contributed by atoms with Crippen LogP contribution in [-0.2, 0) is 6.42 Å². The molecule has 0 aliphatic carbocycles. The summed E-state index contributed by atoms with van der Waals surface area (Å²) in [5.41, 5.74) is 2.37. The first kappa shape index (κ1) is 10.8. The van der Waals surface area contributed by atoms with E-state index < -0.39 is 0 Å². The van der Waals surface area contributed by atoms with Crippen molar-refractivity contribution >= 4 is 12.2 Å². The molecule has 0 spiro atoms. The molecule has 0 radical (unpaired) electrons. The molecule has 0 atom stereocenters. The first-order valence-electron chi connectivity index (χ1n) is 4.88. The summed E-state index contributed by atoms with van der Waals surface area (Å²) >= 11 is 4.89. The van der Waals surface area contributed by atoms with E-state index in [2.05, 4.69) is 15.0 Å². The Hall–Kier alpha value is -1.75. The van der Waals surface area contributed by atoms with Gasteiger partial charge in [0.2, 0.25) is 0 Å². The highest BCUT2D eigenvalue weighted by atomic mass is 32.1. The maximum Gasteiger partial charge on any atom is 0.255 e. The molecule has 0 bridgehead atoms. The smallest absolute Gasteiger partial charge is 0.255 e. The zero-order chi connectivity index (χ0) is 11.5. The highest BCUT2D eigenvalue weighted by molar-refractivity contribution is 7.71. The molecule has 2 rings (SSSR count). The molecule has 0 saturated heterocycles. The molecule has 16 heavy (non-hydrogen) atoms. The van der Waals surface area contributed by atoms with E-state index in [1.807, 2.05) is 19.1 Å². The molecule has 0 fully saturated rings. The number of hydrogen-bond acceptors (Lipinski definition) is 3. The summed E-state index contributed by atoms with van der Waals surface area (Å²) in [6, 6.07) is 3.79. The Labute approximate surface area is 97.4 Å². The van der Waals surface area contributed by atoms with Crippen LogP contribution < -0.4 is 5.56 Å². The Kier molecular flexibility index (Phi) is 2.96. The predicted octanol–water partition coefficient (Wildman–Crippen LogP) is 1.73. The SMILES string of the molecule is Cc1[nH]c(=S)[nH]c(=O)c1Cc1cccnc1. The second-order valence-corrected chi connectivity index (χ2v) is 3.96. The Morgan fingerprint density at radius 3 is 2.88 bits per heavy atom. The highest BCUT2D eigenvalue weighted by Gasteiger charge is 2.05. The average molecular weight is 233 g/mol. The maximum absolute atomic E-state index is 11.7. The number of aromatic nitrogens is 3. The van der Waals surface area contributed by atoms with E-state index in [-0.39, 0.29) is 5.56 Å². The van der Waals surface area contributed by atoms with Gasteiger partial charge in [0.15, 0.2) is 4.77 Å². The molecule has 0 saturated carbocycles. The second kappa shape index (κ2) is 4.40. The van der Waals surface area contributed by atoms with Gasteiger partial charge in [-0.05, 0) is 30.8 Å². The molecule has 2 aromatic rings. The van der Waals surface area contributed by atoms with Crippen LogP contribution in [0.25, 0.3) is 0 Å². The van der Waals surface area contributed by atoms with Crippen LogP contribution >= 0.6 is 12.2 Å². The molecule has 2 N–H and O–H groups in total. The molecular weight excluding hydrogens is 222 g/mol. The minimum atomic E-state index is -0.134. The quantitative estimate of drug-likeness (QED) is 0.776. The lowest BCUT2D eigenvalue weighted by Gasteiger charge is -2.04. The van der Waals surface area contributed by atoms with Crippen LogP contribution in [0.1, 0.15) is 16.8 Å². The molecule has 2 heterocycles. The van der Waals surface area contributed by atoms with Crippen LogP contribution in [0.2, 0.25) is 0 Å². The largest absolute Gasteiger partial charge is 0.336 e. The van der Waals surface area contributed by atoms with Crippen molar-refractivity contribution in [3.8, 4) is 0 Å². The Bertz CT molecular complexity index is 601. The Morgan fingerprint density at radius 2 is 2.25 bits per heavy atom. The number of H-pyrrole nitrogens is 2. The van der Waals surface area contributed by atoms with Crippen molar-refractivity contribution in [3.05, 3.63) is 56.5 Å². The van der Waals surface area contributed by atoms with Gasteiger partial charge in [0.05, 0.1) is 0 Å². The summed E-state index contributed by atoms with van der Waals surface area (Å²) < 4.78 is 0.359. The van der Waals surface area contributed by atoms with Gasteiger partial charge in [-0.25, -0.2) is 0 Å². The zero-order valence-electron chi connectivity index (χ0n) is 8.78. The molecule has 0 aliphatic heterocycles. The van der Waals surface area contributed by atoms with E-state index in [1.54, 1.807) is 12.4 Å². The van der Waals surface area contributed by atoms with Gasteiger partial charge >= 0.3 is 0 Å². The summed E-state index contributed by atoms with van der Waals surface area (Å²) in [6.45, 7) is 1.84. The summed E-state index contributed by atoms with van der Waals surface area (Å²) in [5, 5.41) is 0. The lowest BCUT2D eigenvalue weighted by molar-refractivity contribution is 0.959. The van der Waals surface area contributed by atoms with Crippen molar-refractivity contribution in [1.29, 1.82) is 0 Å². The maximum atomic E-state index is 11.7. The molecule has 2 aromatic heterocycles. The molecule has 82 valence electrons. The van der Waals surface area contributed by atoms with E-state index in [1.165, 1.54) is 0 Å². The summed E-state index contributed by atoms with van der Waals surface area (Å²) in [4.78, 5) is 21.2. The number of nitrogens with zero attached hydrogens (tertiary/aromatic N) is 1. The molecular formula is C11H11N3OS. The number of aromatic amines is 2. The second-order valence-electron chi connectivity index (χ2n) is 3.55. The first-order valence-corrected chi connectivity index (χ1v) is 5.28. The van der Waals surface area contributed by atoms with Crippen molar-refractivity contribution < 1.29 is 0 Å².